The van der Waals surface area contributed by atoms with Gasteiger partial charge in [-0.05, 0) is 24.3 Å². The fourth-order valence-electron chi connectivity index (χ4n) is 1.70. The molecule has 0 unspecified atom stereocenters. The van der Waals surface area contributed by atoms with Crippen molar-refractivity contribution in [2.24, 2.45) is 5.92 Å². The highest BCUT2D eigenvalue weighted by Crippen LogP contribution is 2.24. The number of benzene rings is 1. The summed E-state index contributed by atoms with van der Waals surface area (Å²) in [6.07, 6.45) is 1.90. The fraction of sp³-hybridized carbons (Fsp3) is 0.462. The Balaban J connectivity index is 2.70. The van der Waals surface area contributed by atoms with Gasteiger partial charge in [0.1, 0.15) is 5.75 Å². The second-order valence-electron chi connectivity index (χ2n) is 4.70. The van der Waals surface area contributed by atoms with Crippen molar-refractivity contribution in [2.45, 2.75) is 18.7 Å². The van der Waals surface area contributed by atoms with Crippen LogP contribution in [0, 0.1) is 5.92 Å². The second kappa shape index (κ2) is 6.96. The van der Waals surface area contributed by atoms with Gasteiger partial charge in [-0.1, -0.05) is 26.0 Å². The summed E-state index contributed by atoms with van der Waals surface area (Å²) < 4.78 is 23.5. The number of carbonyl (C=O) groups is 1. The number of para-hydroxylation sites is 1. The highest BCUT2D eigenvalue weighted by Gasteiger charge is 2.18. The van der Waals surface area contributed by atoms with E-state index >= 15 is 0 Å². The Kier molecular flexibility index (Phi) is 5.87. The van der Waals surface area contributed by atoms with Crippen molar-refractivity contribution in [2.75, 3.05) is 23.1 Å². The molecule has 0 heterocycles. The first-order valence-electron chi connectivity index (χ1n) is 5.97. The van der Waals surface area contributed by atoms with Gasteiger partial charge in [-0.2, -0.15) is 0 Å². The van der Waals surface area contributed by atoms with Crippen LogP contribution in [0.1, 0.15) is 13.8 Å². The van der Waals surface area contributed by atoms with Gasteiger partial charge < -0.3 is 5.32 Å². The molecule has 0 aliphatic heterocycles. The summed E-state index contributed by atoms with van der Waals surface area (Å²) in [4.78, 5) is 12.7. The van der Waals surface area contributed by atoms with Crippen LogP contribution in [0.25, 0.3) is 0 Å². The number of anilines is 1. The van der Waals surface area contributed by atoms with Crippen molar-refractivity contribution in [1.82, 2.24) is 0 Å². The largest absolute Gasteiger partial charge is 0.324 e. The standard InChI is InChI=1S/C13H19NO3S2/c1-10(2)8-19(16,17)9-13(15)14-11-6-4-5-7-12(11)18-3/h4-7,10H,8-9H2,1-3H3,(H,14,15). The average Bonchev–Trinajstić information content (AvgIpc) is 2.26. The number of carbonyl (C=O) groups excluding carboxylic acids is 1. The van der Waals surface area contributed by atoms with Gasteiger partial charge in [0.05, 0.1) is 11.4 Å². The lowest BCUT2D eigenvalue weighted by atomic mass is 10.3. The molecule has 0 aliphatic carbocycles. The Hall–Kier alpha value is -1.01. The van der Waals surface area contributed by atoms with Crippen molar-refractivity contribution in [3.05, 3.63) is 24.3 Å². The first-order chi connectivity index (χ1) is 8.84. The molecule has 4 nitrogen and oxygen atoms in total. The fourth-order valence-corrected chi connectivity index (χ4v) is 3.86. The number of sulfone groups is 1. The molecule has 1 N–H and O–H groups in total. The molecule has 0 aromatic heterocycles. The number of hydrogen-bond donors (Lipinski definition) is 1. The van der Waals surface area contributed by atoms with E-state index in [4.69, 9.17) is 0 Å². The smallest absolute Gasteiger partial charge is 0.239 e. The SMILES string of the molecule is CSc1ccccc1NC(=O)CS(=O)(=O)CC(C)C. The average molecular weight is 301 g/mol. The minimum absolute atomic E-state index is 0.0243. The summed E-state index contributed by atoms with van der Waals surface area (Å²) in [5, 5.41) is 2.65. The Morgan fingerprint density at radius 3 is 2.53 bits per heavy atom. The normalized spacial score (nSPS) is 11.6. The maximum absolute atomic E-state index is 11.8. The van der Waals surface area contributed by atoms with E-state index in [0.29, 0.717) is 5.69 Å². The summed E-state index contributed by atoms with van der Waals surface area (Å²) in [5.74, 6) is -0.892. The summed E-state index contributed by atoms with van der Waals surface area (Å²) in [6.45, 7) is 3.64. The Morgan fingerprint density at radius 1 is 1.32 bits per heavy atom. The van der Waals surface area contributed by atoms with E-state index < -0.39 is 21.5 Å². The van der Waals surface area contributed by atoms with Crippen LogP contribution in [0.5, 0.6) is 0 Å². The van der Waals surface area contributed by atoms with Crippen LogP contribution in [-0.2, 0) is 14.6 Å². The topological polar surface area (TPSA) is 63.2 Å². The minimum Gasteiger partial charge on any atom is -0.324 e. The van der Waals surface area contributed by atoms with Crippen LogP contribution < -0.4 is 5.32 Å². The van der Waals surface area contributed by atoms with Gasteiger partial charge in [-0.25, -0.2) is 8.42 Å². The number of nitrogens with one attached hydrogen (secondary N) is 1. The first kappa shape index (κ1) is 16.0. The van der Waals surface area contributed by atoms with Crippen LogP contribution in [0.4, 0.5) is 5.69 Å². The molecular weight excluding hydrogens is 282 g/mol. The molecule has 6 heteroatoms. The molecule has 0 saturated heterocycles. The van der Waals surface area contributed by atoms with Gasteiger partial charge in [0.2, 0.25) is 5.91 Å². The predicted octanol–water partition coefficient (Wildman–Crippen LogP) is 2.42. The molecule has 0 bridgehead atoms. The molecule has 0 saturated carbocycles. The molecule has 0 spiro atoms. The van der Waals surface area contributed by atoms with Gasteiger partial charge >= 0.3 is 0 Å². The van der Waals surface area contributed by atoms with E-state index in [9.17, 15) is 13.2 Å². The molecule has 1 amide bonds. The molecule has 0 atom stereocenters. The summed E-state index contributed by atoms with van der Waals surface area (Å²) in [7, 11) is -3.34. The third kappa shape index (κ3) is 5.65. The van der Waals surface area contributed by atoms with Crippen LogP contribution in [0.15, 0.2) is 29.2 Å². The number of rotatable bonds is 6. The summed E-state index contributed by atoms with van der Waals surface area (Å²) >= 11 is 1.50. The van der Waals surface area contributed by atoms with E-state index in [2.05, 4.69) is 5.32 Å². The second-order valence-corrected chi connectivity index (χ2v) is 7.65. The van der Waals surface area contributed by atoms with Gasteiger partial charge in [-0.15, -0.1) is 11.8 Å². The number of amides is 1. The molecule has 1 aromatic rings. The zero-order valence-electron chi connectivity index (χ0n) is 11.3. The van der Waals surface area contributed by atoms with Crippen molar-refractivity contribution in [3.8, 4) is 0 Å². The molecular formula is C13H19NO3S2. The highest BCUT2D eigenvalue weighted by molar-refractivity contribution is 7.98. The molecule has 1 rings (SSSR count). The lowest BCUT2D eigenvalue weighted by Crippen LogP contribution is -2.26. The van der Waals surface area contributed by atoms with Crippen LogP contribution >= 0.6 is 11.8 Å². The Labute approximate surface area is 118 Å². The maximum atomic E-state index is 11.8. The summed E-state index contributed by atoms with van der Waals surface area (Å²) in [5.41, 5.74) is 0.653. The lowest BCUT2D eigenvalue weighted by molar-refractivity contribution is -0.113. The Bertz CT molecular complexity index is 539. The van der Waals surface area contributed by atoms with E-state index in [1.54, 1.807) is 12.1 Å². The Morgan fingerprint density at radius 2 is 1.95 bits per heavy atom. The molecule has 1 aromatic carbocycles. The minimum atomic E-state index is -3.34. The van der Waals surface area contributed by atoms with Gasteiger partial charge in [0.25, 0.3) is 0 Å². The molecule has 0 aliphatic rings. The van der Waals surface area contributed by atoms with Crippen LogP contribution in [0.3, 0.4) is 0 Å². The van der Waals surface area contributed by atoms with E-state index in [0.717, 1.165) is 4.90 Å². The molecule has 106 valence electrons. The zero-order valence-corrected chi connectivity index (χ0v) is 13.0. The third-order valence-corrected chi connectivity index (χ3v) is 4.99. The number of hydrogen-bond acceptors (Lipinski definition) is 4. The van der Waals surface area contributed by atoms with Crippen molar-refractivity contribution < 1.29 is 13.2 Å². The van der Waals surface area contributed by atoms with Crippen LogP contribution in [-0.4, -0.2) is 32.1 Å². The monoisotopic (exact) mass is 301 g/mol. The molecule has 0 radical (unpaired) electrons. The molecule has 19 heavy (non-hydrogen) atoms. The van der Waals surface area contributed by atoms with Gasteiger partial charge in [0, 0.05) is 4.90 Å². The van der Waals surface area contributed by atoms with E-state index in [-0.39, 0.29) is 11.7 Å². The van der Waals surface area contributed by atoms with Crippen molar-refractivity contribution in [3.63, 3.8) is 0 Å². The van der Waals surface area contributed by atoms with Crippen molar-refractivity contribution in [1.29, 1.82) is 0 Å². The highest BCUT2D eigenvalue weighted by atomic mass is 32.2. The maximum Gasteiger partial charge on any atom is 0.239 e. The third-order valence-electron chi connectivity index (χ3n) is 2.32. The van der Waals surface area contributed by atoms with Crippen molar-refractivity contribution >= 4 is 33.2 Å². The van der Waals surface area contributed by atoms with Gasteiger partial charge in [-0.3, -0.25) is 4.79 Å². The van der Waals surface area contributed by atoms with E-state index in [1.165, 1.54) is 11.8 Å². The van der Waals surface area contributed by atoms with Crippen LogP contribution in [0.2, 0.25) is 0 Å². The number of thioether (sulfide) groups is 1. The van der Waals surface area contributed by atoms with Gasteiger partial charge in [0.15, 0.2) is 9.84 Å². The molecule has 0 fully saturated rings. The lowest BCUT2D eigenvalue weighted by Gasteiger charge is -2.10. The van der Waals surface area contributed by atoms with E-state index in [1.807, 2.05) is 32.2 Å². The predicted molar refractivity (Wildman–Crippen MR) is 80.3 cm³/mol. The zero-order chi connectivity index (χ0) is 14.5. The summed E-state index contributed by atoms with van der Waals surface area (Å²) in [6, 6.07) is 7.32. The quantitative estimate of drug-likeness (QED) is 0.820. The first-order valence-corrected chi connectivity index (χ1v) is 9.02.